The third-order valence-electron chi connectivity index (χ3n) is 2.43. The van der Waals surface area contributed by atoms with E-state index in [1.165, 1.54) is 13.0 Å². The molecule has 17 heavy (non-hydrogen) atoms. The van der Waals surface area contributed by atoms with Crippen molar-refractivity contribution >= 4 is 12.0 Å². The van der Waals surface area contributed by atoms with Gasteiger partial charge in [0.15, 0.2) is 6.10 Å². The van der Waals surface area contributed by atoms with Gasteiger partial charge in [-0.3, -0.25) is 4.68 Å². The Kier molecular flexibility index (Phi) is 4.05. The molecule has 0 bridgehead atoms. The van der Waals surface area contributed by atoms with E-state index in [-0.39, 0.29) is 0 Å². The molecule has 0 aromatic carbocycles. The first kappa shape index (κ1) is 13.0. The molecule has 0 saturated carbocycles. The topological polar surface area (TPSA) is 67.9 Å². The summed E-state index contributed by atoms with van der Waals surface area (Å²) in [5, 5.41) is 12.7. The molecule has 0 aliphatic carbocycles. The maximum atomic E-state index is 11.3. The van der Waals surface area contributed by atoms with Gasteiger partial charge in [0.25, 0.3) is 0 Å². The quantitative estimate of drug-likeness (QED) is 0.586. The Balaban J connectivity index is 2.78. The van der Waals surface area contributed by atoms with Crippen LogP contribution in [0.15, 0.2) is 6.08 Å². The first-order valence-corrected chi connectivity index (χ1v) is 5.24. The van der Waals surface area contributed by atoms with E-state index >= 15 is 0 Å². The van der Waals surface area contributed by atoms with Crippen molar-refractivity contribution in [2.75, 3.05) is 0 Å². The Bertz CT molecular complexity index is 495. The molecule has 0 aliphatic heterocycles. The van der Waals surface area contributed by atoms with Crippen LogP contribution >= 0.6 is 0 Å². The van der Waals surface area contributed by atoms with Gasteiger partial charge >= 0.3 is 5.97 Å². The Morgan fingerprint density at radius 3 is 2.71 bits per heavy atom. The van der Waals surface area contributed by atoms with E-state index in [2.05, 4.69) is 5.10 Å². The summed E-state index contributed by atoms with van der Waals surface area (Å²) in [6.07, 6.45) is 2.23. The Hall–Kier alpha value is -2.09. The molecule has 90 valence electrons. The first-order valence-electron chi connectivity index (χ1n) is 5.24. The number of esters is 1. The lowest BCUT2D eigenvalue weighted by Crippen LogP contribution is -2.10. The Morgan fingerprint density at radius 2 is 2.24 bits per heavy atom. The van der Waals surface area contributed by atoms with Crippen LogP contribution < -0.4 is 0 Å². The predicted octanol–water partition coefficient (Wildman–Crippen LogP) is 1.51. The average Bonchev–Trinajstić information content (AvgIpc) is 2.51. The molecule has 0 spiro atoms. The number of rotatable bonds is 3. The third kappa shape index (κ3) is 3.18. The van der Waals surface area contributed by atoms with Crippen molar-refractivity contribution < 1.29 is 9.53 Å². The molecule has 1 aromatic heterocycles. The molecule has 1 atom stereocenters. The number of hydrogen-bond acceptors (Lipinski definition) is 4. The van der Waals surface area contributed by atoms with Crippen LogP contribution in [0.4, 0.5) is 0 Å². The number of hydrogen-bond donors (Lipinski definition) is 0. The molecule has 1 rings (SSSR count). The van der Waals surface area contributed by atoms with E-state index in [9.17, 15) is 4.79 Å². The number of carbonyl (C=O) groups excluding carboxylic acids is 1. The number of carbonyl (C=O) groups is 1. The molecule has 0 unspecified atom stereocenters. The van der Waals surface area contributed by atoms with Gasteiger partial charge < -0.3 is 4.74 Å². The van der Waals surface area contributed by atoms with E-state index in [4.69, 9.17) is 10.00 Å². The monoisotopic (exact) mass is 233 g/mol. The smallest absolute Gasteiger partial charge is 0.332 e. The van der Waals surface area contributed by atoms with Gasteiger partial charge in [0.1, 0.15) is 6.07 Å². The minimum Gasteiger partial charge on any atom is -0.444 e. The number of nitrogens with zero attached hydrogens (tertiary/aromatic N) is 3. The highest BCUT2D eigenvalue weighted by Gasteiger charge is 2.08. The Labute approximate surface area is 100 Å². The van der Waals surface area contributed by atoms with Crippen molar-refractivity contribution in [3.8, 4) is 6.07 Å². The summed E-state index contributed by atoms with van der Waals surface area (Å²) in [5.74, 6) is -0.526. The second kappa shape index (κ2) is 5.30. The van der Waals surface area contributed by atoms with Crippen LogP contribution in [0.2, 0.25) is 0 Å². The van der Waals surface area contributed by atoms with Crippen LogP contribution in [-0.2, 0) is 16.6 Å². The zero-order chi connectivity index (χ0) is 13.0. The molecule has 0 amide bonds. The van der Waals surface area contributed by atoms with Crippen molar-refractivity contribution in [3.63, 3.8) is 0 Å². The van der Waals surface area contributed by atoms with Gasteiger partial charge in [0.05, 0.1) is 5.69 Å². The predicted molar refractivity (Wildman–Crippen MR) is 62.9 cm³/mol. The highest BCUT2D eigenvalue weighted by molar-refractivity contribution is 5.87. The van der Waals surface area contributed by atoms with Crippen molar-refractivity contribution in [1.82, 2.24) is 9.78 Å². The minimum absolute atomic E-state index is 0.526. The summed E-state index contributed by atoms with van der Waals surface area (Å²) >= 11 is 0. The van der Waals surface area contributed by atoms with E-state index < -0.39 is 12.1 Å². The van der Waals surface area contributed by atoms with Gasteiger partial charge in [-0.25, -0.2) is 4.79 Å². The van der Waals surface area contributed by atoms with Gasteiger partial charge in [-0.15, -0.1) is 0 Å². The summed E-state index contributed by atoms with van der Waals surface area (Å²) in [7, 11) is 1.84. The fourth-order valence-corrected chi connectivity index (χ4v) is 1.42. The molecular weight excluding hydrogens is 218 g/mol. The average molecular weight is 233 g/mol. The Morgan fingerprint density at radius 1 is 1.59 bits per heavy atom. The molecule has 0 aliphatic rings. The fraction of sp³-hybridized carbons (Fsp3) is 0.417. The summed E-state index contributed by atoms with van der Waals surface area (Å²) in [6.45, 7) is 5.31. The summed E-state index contributed by atoms with van der Waals surface area (Å²) in [4.78, 5) is 11.3. The van der Waals surface area contributed by atoms with Gasteiger partial charge in [0.2, 0.25) is 0 Å². The molecule has 5 heteroatoms. The van der Waals surface area contributed by atoms with Crippen molar-refractivity contribution in [3.05, 3.63) is 23.0 Å². The van der Waals surface area contributed by atoms with Crippen LogP contribution in [0, 0.1) is 25.2 Å². The lowest BCUT2D eigenvalue weighted by molar-refractivity contribution is -0.139. The number of nitriles is 1. The van der Waals surface area contributed by atoms with Crippen LogP contribution in [0.1, 0.15) is 23.9 Å². The van der Waals surface area contributed by atoms with Gasteiger partial charge in [-0.05, 0) is 26.8 Å². The molecule has 0 radical (unpaired) electrons. The third-order valence-corrected chi connectivity index (χ3v) is 2.43. The highest BCUT2D eigenvalue weighted by atomic mass is 16.5. The van der Waals surface area contributed by atoms with Crippen molar-refractivity contribution in [2.45, 2.75) is 26.9 Å². The van der Waals surface area contributed by atoms with Gasteiger partial charge in [0, 0.05) is 24.4 Å². The van der Waals surface area contributed by atoms with Crippen LogP contribution in [0.25, 0.3) is 6.08 Å². The number of aromatic nitrogens is 2. The molecule has 5 nitrogen and oxygen atoms in total. The lowest BCUT2D eigenvalue weighted by atomic mass is 10.2. The summed E-state index contributed by atoms with van der Waals surface area (Å²) in [5.41, 5.74) is 2.72. The standard InChI is InChI=1S/C12H15N3O2/c1-8(7-13)17-12(16)6-5-11-9(2)14-15(4)10(11)3/h5-6,8H,1-4H3/b6-5+/t8-/m0/s1. The molecule has 0 N–H and O–H groups in total. The van der Waals surface area contributed by atoms with Crippen molar-refractivity contribution in [1.29, 1.82) is 5.26 Å². The van der Waals surface area contributed by atoms with Gasteiger partial charge in [-0.2, -0.15) is 10.4 Å². The minimum atomic E-state index is -0.733. The molecule has 0 saturated heterocycles. The molecule has 1 heterocycles. The second-order valence-corrected chi connectivity index (χ2v) is 3.75. The van der Waals surface area contributed by atoms with Crippen LogP contribution in [0.3, 0.4) is 0 Å². The van der Waals surface area contributed by atoms with E-state index in [1.54, 1.807) is 10.8 Å². The molecule has 1 aromatic rings. The maximum absolute atomic E-state index is 11.3. The number of aryl methyl sites for hydroxylation is 2. The largest absolute Gasteiger partial charge is 0.444 e. The normalized spacial score (nSPS) is 12.4. The van der Waals surface area contributed by atoms with E-state index in [0.717, 1.165) is 17.0 Å². The van der Waals surface area contributed by atoms with Crippen LogP contribution in [-0.4, -0.2) is 21.9 Å². The lowest BCUT2D eigenvalue weighted by Gasteiger charge is -2.01. The fourth-order valence-electron chi connectivity index (χ4n) is 1.42. The van der Waals surface area contributed by atoms with E-state index in [0.29, 0.717) is 0 Å². The van der Waals surface area contributed by atoms with Gasteiger partial charge in [-0.1, -0.05) is 0 Å². The maximum Gasteiger partial charge on any atom is 0.332 e. The van der Waals surface area contributed by atoms with Crippen molar-refractivity contribution in [2.24, 2.45) is 7.05 Å². The second-order valence-electron chi connectivity index (χ2n) is 3.75. The molecule has 0 fully saturated rings. The van der Waals surface area contributed by atoms with Crippen LogP contribution in [0.5, 0.6) is 0 Å². The zero-order valence-corrected chi connectivity index (χ0v) is 10.4. The number of ether oxygens (including phenoxy) is 1. The summed E-state index contributed by atoms with van der Waals surface area (Å²) < 4.78 is 6.54. The highest BCUT2D eigenvalue weighted by Crippen LogP contribution is 2.13. The zero-order valence-electron chi connectivity index (χ0n) is 10.4. The first-order chi connectivity index (χ1) is 7.95. The SMILES string of the molecule is Cc1nn(C)c(C)c1/C=C/C(=O)O[C@@H](C)C#N. The molecular formula is C12H15N3O2. The van der Waals surface area contributed by atoms with E-state index in [1.807, 2.05) is 27.0 Å². The summed E-state index contributed by atoms with van der Waals surface area (Å²) in [6, 6.07) is 1.83.